The summed E-state index contributed by atoms with van der Waals surface area (Å²) in [7, 11) is 0. The Bertz CT molecular complexity index is 993. The minimum atomic E-state index is -4.71. The van der Waals surface area contributed by atoms with Crippen molar-refractivity contribution in [2.24, 2.45) is 0 Å². The van der Waals surface area contributed by atoms with Crippen LogP contribution in [0, 0.1) is 0 Å². The summed E-state index contributed by atoms with van der Waals surface area (Å²) in [5.41, 5.74) is 0.248. The van der Waals surface area contributed by atoms with Crippen molar-refractivity contribution in [2.75, 3.05) is 26.3 Å². The number of piperidine rings is 1. The first kappa shape index (κ1) is 27.4. The Kier molecular flexibility index (Phi) is 9.30. The number of amides is 1. The van der Waals surface area contributed by atoms with Gasteiger partial charge in [-0.1, -0.05) is 36.8 Å². The second-order valence-corrected chi connectivity index (χ2v) is 8.23. The molecule has 0 radical (unpaired) electrons. The van der Waals surface area contributed by atoms with E-state index in [1.54, 1.807) is 30.3 Å². The Morgan fingerprint density at radius 1 is 0.889 bits per heavy atom. The zero-order chi connectivity index (χ0) is 26.2. The number of hydrogen-bond acceptors (Lipinski definition) is 5. The summed E-state index contributed by atoms with van der Waals surface area (Å²) >= 11 is 0. The van der Waals surface area contributed by atoms with E-state index in [1.165, 1.54) is 0 Å². The van der Waals surface area contributed by atoms with Gasteiger partial charge in [0.1, 0.15) is 12.4 Å². The number of halogens is 6. The molecule has 2 N–H and O–H groups in total. The first-order valence-electron chi connectivity index (χ1n) is 11.3. The Morgan fingerprint density at radius 3 is 2.14 bits per heavy atom. The normalized spacial score (nSPS) is 16.3. The zero-order valence-electron chi connectivity index (χ0n) is 19.2. The molecule has 198 valence electrons. The summed E-state index contributed by atoms with van der Waals surface area (Å²) in [6.07, 6.45) is -6.67. The summed E-state index contributed by atoms with van der Waals surface area (Å²) in [5, 5.41) is 5.81. The van der Waals surface area contributed by atoms with Gasteiger partial charge < -0.3 is 24.8 Å². The Hall–Kier alpha value is -3.15. The van der Waals surface area contributed by atoms with Gasteiger partial charge in [-0.15, -0.1) is 0 Å². The van der Waals surface area contributed by atoms with Crippen molar-refractivity contribution < 1.29 is 45.3 Å². The van der Waals surface area contributed by atoms with E-state index in [0.717, 1.165) is 37.9 Å². The molecule has 1 unspecified atom stereocenters. The molecular weight excluding hydrogens is 494 g/mol. The maximum Gasteiger partial charge on any atom is 0.422 e. The van der Waals surface area contributed by atoms with E-state index in [1.807, 2.05) is 0 Å². The fraction of sp³-hybridized carbons (Fsp3) is 0.458. The second kappa shape index (κ2) is 12.2. The maximum atomic E-state index is 12.9. The lowest BCUT2D eigenvalue weighted by molar-refractivity contribution is -0.154. The molecule has 1 aliphatic heterocycles. The van der Waals surface area contributed by atoms with Gasteiger partial charge in [0.2, 0.25) is 0 Å². The zero-order valence-corrected chi connectivity index (χ0v) is 19.2. The smallest absolute Gasteiger partial charge is 0.422 e. The molecule has 2 aromatic rings. The van der Waals surface area contributed by atoms with Crippen LogP contribution in [0.15, 0.2) is 42.5 Å². The van der Waals surface area contributed by atoms with Crippen molar-refractivity contribution >= 4 is 5.91 Å². The van der Waals surface area contributed by atoms with Gasteiger partial charge in [-0.3, -0.25) is 4.79 Å². The highest BCUT2D eigenvalue weighted by Crippen LogP contribution is 2.37. The molecule has 1 saturated heterocycles. The van der Waals surface area contributed by atoms with Gasteiger partial charge in [-0.25, -0.2) is 0 Å². The van der Waals surface area contributed by atoms with Gasteiger partial charge in [-0.2, -0.15) is 26.3 Å². The van der Waals surface area contributed by atoms with Gasteiger partial charge in [-0.05, 0) is 24.9 Å². The first-order chi connectivity index (χ1) is 17.0. The molecule has 0 aromatic heterocycles. The van der Waals surface area contributed by atoms with E-state index in [2.05, 4.69) is 10.6 Å². The van der Waals surface area contributed by atoms with Gasteiger partial charge in [0.25, 0.3) is 5.91 Å². The minimum Gasteiger partial charge on any atom is -0.485 e. The van der Waals surface area contributed by atoms with E-state index in [4.69, 9.17) is 14.2 Å². The first-order valence-corrected chi connectivity index (χ1v) is 11.3. The highest BCUT2D eigenvalue weighted by atomic mass is 19.4. The Labute approximate surface area is 203 Å². The Morgan fingerprint density at radius 2 is 1.53 bits per heavy atom. The number of rotatable bonds is 10. The molecule has 0 saturated carbocycles. The lowest BCUT2D eigenvalue weighted by Gasteiger charge is -2.24. The molecule has 1 amide bonds. The number of carbonyl (C=O) groups is 1. The molecule has 1 aliphatic rings. The molecule has 12 heteroatoms. The van der Waals surface area contributed by atoms with E-state index in [-0.39, 0.29) is 24.9 Å². The van der Waals surface area contributed by atoms with Crippen LogP contribution in [0.4, 0.5) is 26.3 Å². The van der Waals surface area contributed by atoms with E-state index in [9.17, 15) is 31.1 Å². The van der Waals surface area contributed by atoms with Crippen molar-refractivity contribution in [3.63, 3.8) is 0 Å². The number of ether oxygens (including phenoxy) is 3. The predicted molar refractivity (Wildman–Crippen MR) is 118 cm³/mol. The molecule has 3 rings (SSSR count). The monoisotopic (exact) mass is 520 g/mol. The molecule has 1 heterocycles. The highest BCUT2D eigenvalue weighted by Gasteiger charge is 2.32. The summed E-state index contributed by atoms with van der Waals surface area (Å²) in [6, 6.07) is 10.4. The molecule has 36 heavy (non-hydrogen) atoms. The third-order valence-electron chi connectivity index (χ3n) is 5.23. The summed E-state index contributed by atoms with van der Waals surface area (Å²) in [5.74, 6) is -2.07. The highest BCUT2D eigenvalue weighted by molar-refractivity contribution is 5.97. The van der Waals surface area contributed by atoms with Crippen molar-refractivity contribution in [1.82, 2.24) is 10.6 Å². The minimum absolute atomic E-state index is 0.0309. The van der Waals surface area contributed by atoms with E-state index >= 15 is 0 Å². The van der Waals surface area contributed by atoms with Crippen LogP contribution in [0.1, 0.15) is 35.2 Å². The lowest BCUT2D eigenvalue weighted by atomic mass is 10.0. The van der Waals surface area contributed by atoms with Crippen LogP contribution in [-0.2, 0) is 6.61 Å². The van der Waals surface area contributed by atoms with Crippen LogP contribution in [0.3, 0.4) is 0 Å². The largest absolute Gasteiger partial charge is 0.485 e. The Balaban J connectivity index is 1.89. The number of carbonyl (C=O) groups excluding carboxylic acids is 1. The van der Waals surface area contributed by atoms with E-state index < -0.39 is 48.5 Å². The number of nitrogens with one attached hydrogen (secondary N) is 2. The third-order valence-corrected chi connectivity index (χ3v) is 5.23. The molecule has 2 aromatic carbocycles. The van der Waals surface area contributed by atoms with Crippen molar-refractivity contribution in [3.8, 4) is 17.2 Å². The summed E-state index contributed by atoms with van der Waals surface area (Å²) in [4.78, 5) is 12.9. The van der Waals surface area contributed by atoms with Crippen LogP contribution in [0.2, 0.25) is 0 Å². The van der Waals surface area contributed by atoms with E-state index in [0.29, 0.717) is 5.56 Å². The van der Waals surface area contributed by atoms with Gasteiger partial charge in [0, 0.05) is 24.7 Å². The molecule has 0 bridgehead atoms. The number of alkyl halides is 6. The average Bonchev–Trinajstić information content (AvgIpc) is 2.84. The topological polar surface area (TPSA) is 68.8 Å². The second-order valence-electron chi connectivity index (χ2n) is 8.23. The lowest BCUT2D eigenvalue weighted by Crippen LogP contribution is -2.43. The van der Waals surface area contributed by atoms with Crippen molar-refractivity contribution in [3.05, 3.63) is 53.6 Å². The van der Waals surface area contributed by atoms with Crippen LogP contribution >= 0.6 is 0 Å². The predicted octanol–water partition coefficient (Wildman–Crippen LogP) is 5.02. The number of benzene rings is 2. The van der Waals surface area contributed by atoms with Crippen LogP contribution < -0.4 is 24.8 Å². The van der Waals surface area contributed by atoms with Crippen LogP contribution in [-0.4, -0.2) is 50.6 Å². The fourth-order valence-electron chi connectivity index (χ4n) is 3.53. The molecule has 1 atom stereocenters. The van der Waals surface area contributed by atoms with Gasteiger partial charge >= 0.3 is 12.4 Å². The molecule has 0 spiro atoms. The molecular formula is C24H26F6N2O4. The average molecular weight is 520 g/mol. The van der Waals surface area contributed by atoms with Crippen LogP contribution in [0.25, 0.3) is 0 Å². The van der Waals surface area contributed by atoms with Crippen molar-refractivity contribution in [2.45, 2.75) is 44.3 Å². The molecule has 0 aliphatic carbocycles. The standard InChI is InChI=1S/C24H26F6N2O4/c25-23(26,27)14-35-19-11-21(34-13-16-6-2-1-3-7-16)20(36-15-24(28,29)30)10-18(19)22(33)32-12-17-8-4-5-9-31-17/h1-3,6-7,10-11,17,31H,4-5,8-9,12-15H2,(H,32,33). The quantitative estimate of drug-likeness (QED) is 0.431. The fourth-order valence-corrected chi connectivity index (χ4v) is 3.53. The SMILES string of the molecule is O=C(NCC1CCCCN1)c1cc(OCC(F)(F)F)c(OCc2ccccc2)cc1OCC(F)(F)F. The number of hydrogen-bond donors (Lipinski definition) is 2. The summed E-state index contributed by atoms with van der Waals surface area (Å²) in [6.45, 7) is -2.56. The van der Waals surface area contributed by atoms with Gasteiger partial charge in [0.15, 0.2) is 24.7 Å². The van der Waals surface area contributed by atoms with Crippen molar-refractivity contribution in [1.29, 1.82) is 0 Å². The van der Waals surface area contributed by atoms with Gasteiger partial charge in [0.05, 0.1) is 5.56 Å². The van der Waals surface area contributed by atoms with Crippen LogP contribution in [0.5, 0.6) is 17.2 Å². The summed E-state index contributed by atoms with van der Waals surface area (Å²) < 4.78 is 92.3. The molecule has 6 nitrogen and oxygen atoms in total. The maximum absolute atomic E-state index is 12.9. The third kappa shape index (κ3) is 9.14. The molecule has 1 fully saturated rings.